The van der Waals surface area contributed by atoms with Gasteiger partial charge in [-0.25, -0.2) is 0 Å². The van der Waals surface area contributed by atoms with Gasteiger partial charge in [0.15, 0.2) is 0 Å². The quantitative estimate of drug-likeness (QED) is 0.898. The van der Waals surface area contributed by atoms with Crippen LogP contribution in [-0.4, -0.2) is 41.6 Å². The lowest BCUT2D eigenvalue weighted by Gasteiger charge is -2.30. The highest BCUT2D eigenvalue weighted by Gasteiger charge is 2.22. The first-order valence-electron chi connectivity index (χ1n) is 7.13. The molecule has 110 valence electrons. The van der Waals surface area contributed by atoms with Crippen LogP contribution in [0.1, 0.15) is 36.5 Å². The van der Waals surface area contributed by atoms with Crippen LogP contribution in [-0.2, 0) is 0 Å². The van der Waals surface area contributed by atoms with E-state index in [9.17, 15) is 9.90 Å². The molecular formula is C15H21ClN2O2. The molecule has 1 aromatic rings. The van der Waals surface area contributed by atoms with E-state index >= 15 is 0 Å². The summed E-state index contributed by atoms with van der Waals surface area (Å²) in [5.41, 5.74) is 0.312. The van der Waals surface area contributed by atoms with Gasteiger partial charge in [-0.15, -0.1) is 0 Å². The largest absolute Gasteiger partial charge is 0.507 e. The Morgan fingerprint density at radius 1 is 1.50 bits per heavy atom. The monoisotopic (exact) mass is 296 g/mol. The van der Waals surface area contributed by atoms with Crippen LogP contribution in [0, 0.1) is 0 Å². The van der Waals surface area contributed by atoms with Gasteiger partial charge in [0.2, 0.25) is 0 Å². The molecule has 0 radical (unpaired) electrons. The lowest BCUT2D eigenvalue weighted by molar-refractivity contribution is 0.0738. The number of amides is 1. The van der Waals surface area contributed by atoms with Crippen LogP contribution in [0.25, 0.3) is 0 Å². The average molecular weight is 297 g/mol. The molecule has 20 heavy (non-hydrogen) atoms. The number of hydrogen-bond acceptors (Lipinski definition) is 3. The number of carbonyl (C=O) groups excluding carboxylic acids is 1. The van der Waals surface area contributed by atoms with Gasteiger partial charge in [-0.05, 0) is 44.5 Å². The first kappa shape index (κ1) is 15.1. The van der Waals surface area contributed by atoms with E-state index < -0.39 is 0 Å². The lowest BCUT2D eigenvalue weighted by atomic mass is 10.0. The van der Waals surface area contributed by atoms with Crippen LogP contribution in [0.15, 0.2) is 18.2 Å². The highest BCUT2D eigenvalue weighted by Crippen LogP contribution is 2.23. The van der Waals surface area contributed by atoms with Gasteiger partial charge in [0.05, 0.1) is 5.56 Å². The summed E-state index contributed by atoms with van der Waals surface area (Å²) >= 11 is 5.80. The van der Waals surface area contributed by atoms with Gasteiger partial charge in [0.1, 0.15) is 5.75 Å². The van der Waals surface area contributed by atoms with Gasteiger partial charge in [0, 0.05) is 24.2 Å². The Hall–Kier alpha value is -1.26. The molecular weight excluding hydrogens is 276 g/mol. The van der Waals surface area contributed by atoms with E-state index in [0.717, 1.165) is 13.0 Å². The molecule has 1 amide bonds. The maximum Gasteiger partial charge on any atom is 0.257 e. The third-order valence-corrected chi connectivity index (χ3v) is 3.95. The molecule has 4 nitrogen and oxygen atoms in total. The summed E-state index contributed by atoms with van der Waals surface area (Å²) in [5, 5.41) is 13.7. The molecule has 1 aromatic carbocycles. The number of aromatic hydroxyl groups is 1. The van der Waals surface area contributed by atoms with E-state index in [1.54, 1.807) is 17.0 Å². The maximum absolute atomic E-state index is 12.5. The second kappa shape index (κ2) is 6.95. The molecule has 1 aliphatic heterocycles. The summed E-state index contributed by atoms with van der Waals surface area (Å²) in [6.45, 7) is 4.27. The molecule has 1 atom stereocenters. The van der Waals surface area contributed by atoms with Crippen molar-refractivity contribution in [3.05, 3.63) is 28.8 Å². The Morgan fingerprint density at radius 2 is 2.30 bits per heavy atom. The Morgan fingerprint density at radius 3 is 2.90 bits per heavy atom. The SMILES string of the molecule is CCN(CC1CCCCN1)C(=O)c1ccc(Cl)cc1O. The van der Waals surface area contributed by atoms with Crippen molar-refractivity contribution in [3.63, 3.8) is 0 Å². The first-order chi connectivity index (χ1) is 9.61. The maximum atomic E-state index is 12.5. The fourth-order valence-electron chi connectivity index (χ4n) is 2.56. The number of phenols is 1. The zero-order valence-electron chi connectivity index (χ0n) is 11.7. The highest BCUT2D eigenvalue weighted by molar-refractivity contribution is 6.30. The molecule has 1 unspecified atom stereocenters. The van der Waals surface area contributed by atoms with Crippen LogP contribution >= 0.6 is 11.6 Å². The van der Waals surface area contributed by atoms with Crippen molar-refractivity contribution in [2.75, 3.05) is 19.6 Å². The number of phenolic OH excluding ortho intramolecular Hbond substituents is 1. The molecule has 2 rings (SSSR count). The topological polar surface area (TPSA) is 52.6 Å². The molecule has 1 heterocycles. The van der Waals surface area contributed by atoms with E-state index in [2.05, 4.69) is 5.32 Å². The Balaban J connectivity index is 2.07. The van der Waals surface area contributed by atoms with Gasteiger partial charge in [-0.2, -0.15) is 0 Å². The van der Waals surface area contributed by atoms with Crippen LogP contribution < -0.4 is 5.32 Å². The Labute approximate surface area is 124 Å². The molecule has 0 aliphatic carbocycles. The molecule has 5 heteroatoms. The fourth-order valence-corrected chi connectivity index (χ4v) is 2.72. The summed E-state index contributed by atoms with van der Waals surface area (Å²) in [5.74, 6) is -0.202. The van der Waals surface area contributed by atoms with Crippen molar-refractivity contribution in [2.24, 2.45) is 0 Å². The van der Waals surface area contributed by atoms with Gasteiger partial charge in [-0.1, -0.05) is 18.0 Å². The van der Waals surface area contributed by atoms with Gasteiger partial charge in [0.25, 0.3) is 5.91 Å². The predicted octanol–water partition coefficient (Wildman–Crippen LogP) is 2.65. The highest BCUT2D eigenvalue weighted by atomic mass is 35.5. The third kappa shape index (κ3) is 3.64. The minimum atomic E-state index is -0.144. The number of halogens is 1. The van der Waals surface area contributed by atoms with E-state index in [-0.39, 0.29) is 11.7 Å². The second-order valence-corrected chi connectivity index (χ2v) is 5.59. The smallest absolute Gasteiger partial charge is 0.257 e. The van der Waals surface area contributed by atoms with E-state index in [1.165, 1.54) is 18.9 Å². The lowest BCUT2D eigenvalue weighted by Crippen LogP contribution is -2.45. The summed E-state index contributed by atoms with van der Waals surface area (Å²) in [6, 6.07) is 4.96. The van der Waals surface area contributed by atoms with Crippen molar-refractivity contribution in [2.45, 2.75) is 32.2 Å². The summed E-state index contributed by atoms with van der Waals surface area (Å²) in [6.07, 6.45) is 3.50. The number of nitrogens with zero attached hydrogens (tertiary/aromatic N) is 1. The van der Waals surface area contributed by atoms with E-state index in [4.69, 9.17) is 11.6 Å². The molecule has 1 aliphatic rings. The van der Waals surface area contributed by atoms with Gasteiger partial charge >= 0.3 is 0 Å². The van der Waals surface area contributed by atoms with Crippen LogP contribution in [0.4, 0.5) is 0 Å². The van der Waals surface area contributed by atoms with Gasteiger partial charge < -0.3 is 15.3 Å². The molecule has 0 spiro atoms. The van der Waals surface area contributed by atoms with Gasteiger partial charge in [-0.3, -0.25) is 4.79 Å². The van der Waals surface area contributed by atoms with Crippen molar-refractivity contribution in [1.29, 1.82) is 0 Å². The second-order valence-electron chi connectivity index (χ2n) is 5.15. The summed E-state index contributed by atoms with van der Waals surface area (Å²) in [4.78, 5) is 14.2. The average Bonchev–Trinajstić information content (AvgIpc) is 2.45. The minimum Gasteiger partial charge on any atom is -0.507 e. The number of piperidine rings is 1. The fraction of sp³-hybridized carbons (Fsp3) is 0.533. The molecule has 2 N–H and O–H groups in total. The first-order valence-corrected chi connectivity index (χ1v) is 7.50. The van der Waals surface area contributed by atoms with Crippen molar-refractivity contribution in [1.82, 2.24) is 10.2 Å². The van der Waals surface area contributed by atoms with Crippen LogP contribution in [0.2, 0.25) is 5.02 Å². The van der Waals surface area contributed by atoms with E-state index in [0.29, 0.717) is 29.7 Å². The standard InChI is InChI=1S/C15H21ClN2O2/c1-2-18(10-12-5-3-4-8-17-12)15(20)13-7-6-11(16)9-14(13)19/h6-7,9,12,17,19H,2-5,8,10H2,1H3. The van der Waals surface area contributed by atoms with Crippen LogP contribution in [0.5, 0.6) is 5.75 Å². The Kier molecular flexibility index (Phi) is 5.26. The molecule has 1 fully saturated rings. The summed E-state index contributed by atoms with van der Waals surface area (Å²) in [7, 11) is 0. The number of likely N-dealkylation sites (N-methyl/N-ethyl adjacent to an activating group) is 1. The number of hydrogen-bond donors (Lipinski definition) is 2. The number of nitrogens with one attached hydrogen (secondary N) is 1. The normalized spacial score (nSPS) is 18.8. The molecule has 0 saturated carbocycles. The minimum absolute atomic E-state index is 0.0578. The number of benzene rings is 1. The molecule has 1 saturated heterocycles. The molecule has 0 bridgehead atoms. The van der Waals surface area contributed by atoms with Crippen molar-refractivity contribution in [3.8, 4) is 5.75 Å². The zero-order chi connectivity index (χ0) is 14.5. The zero-order valence-corrected chi connectivity index (χ0v) is 12.5. The number of rotatable bonds is 4. The van der Waals surface area contributed by atoms with E-state index in [1.807, 2.05) is 6.92 Å². The van der Waals surface area contributed by atoms with Crippen LogP contribution in [0.3, 0.4) is 0 Å². The number of carbonyl (C=O) groups is 1. The summed E-state index contributed by atoms with van der Waals surface area (Å²) < 4.78 is 0. The molecule has 0 aromatic heterocycles. The van der Waals surface area contributed by atoms with Crippen molar-refractivity contribution >= 4 is 17.5 Å². The predicted molar refractivity (Wildman–Crippen MR) is 80.3 cm³/mol. The third-order valence-electron chi connectivity index (χ3n) is 3.71. The van der Waals surface area contributed by atoms with Crippen molar-refractivity contribution < 1.29 is 9.90 Å². The Bertz CT molecular complexity index is 473.